The summed E-state index contributed by atoms with van der Waals surface area (Å²) in [5.74, 6) is -0.635. The molecule has 0 bridgehead atoms. The number of thiazole rings is 1. The molecule has 0 radical (unpaired) electrons. The molecular formula is C14H23N3O3S. The third-order valence-corrected chi connectivity index (χ3v) is 3.87. The van der Waals surface area contributed by atoms with Crippen LogP contribution in [0, 0.1) is 5.92 Å². The van der Waals surface area contributed by atoms with Gasteiger partial charge in [0.05, 0.1) is 5.69 Å². The zero-order valence-electron chi connectivity index (χ0n) is 13.1. The van der Waals surface area contributed by atoms with Crippen LogP contribution < -0.4 is 10.6 Å². The van der Waals surface area contributed by atoms with Gasteiger partial charge in [0.25, 0.3) is 0 Å². The van der Waals surface area contributed by atoms with Crippen LogP contribution in [-0.2, 0) is 15.0 Å². The maximum atomic E-state index is 11.9. The SMILES string of the molecule is CC(C)CNC(=O)C(C)Nc1nc(C(C)(C)C(=O)O)cs1. The molecule has 0 aromatic carbocycles. The van der Waals surface area contributed by atoms with E-state index in [4.69, 9.17) is 0 Å². The Hall–Kier alpha value is -1.63. The van der Waals surface area contributed by atoms with E-state index in [2.05, 4.69) is 15.6 Å². The molecule has 1 aromatic heterocycles. The molecule has 1 rings (SSSR count). The molecule has 0 spiro atoms. The van der Waals surface area contributed by atoms with E-state index in [0.717, 1.165) is 0 Å². The average Bonchev–Trinajstić information content (AvgIpc) is 2.84. The van der Waals surface area contributed by atoms with Crippen molar-refractivity contribution in [1.29, 1.82) is 0 Å². The first kappa shape index (κ1) is 17.4. The first-order valence-corrected chi connectivity index (χ1v) is 7.76. The van der Waals surface area contributed by atoms with Crippen LogP contribution >= 0.6 is 11.3 Å². The van der Waals surface area contributed by atoms with Crippen molar-refractivity contribution in [1.82, 2.24) is 10.3 Å². The normalized spacial score (nSPS) is 13.0. The Labute approximate surface area is 129 Å². The summed E-state index contributed by atoms with van der Waals surface area (Å²) in [6.07, 6.45) is 0. The molecule has 6 nitrogen and oxygen atoms in total. The lowest BCUT2D eigenvalue weighted by Crippen LogP contribution is -2.39. The van der Waals surface area contributed by atoms with Gasteiger partial charge in [-0.2, -0.15) is 0 Å². The second-order valence-electron chi connectivity index (χ2n) is 5.97. The van der Waals surface area contributed by atoms with Crippen LogP contribution in [0.4, 0.5) is 5.13 Å². The number of carbonyl (C=O) groups excluding carboxylic acids is 1. The summed E-state index contributed by atoms with van der Waals surface area (Å²) in [6, 6.07) is -0.421. The number of amides is 1. The highest BCUT2D eigenvalue weighted by Crippen LogP contribution is 2.27. The van der Waals surface area contributed by atoms with Gasteiger partial charge in [-0.15, -0.1) is 11.3 Å². The van der Waals surface area contributed by atoms with Gasteiger partial charge in [-0.25, -0.2) is 4.98 Å². The molecule has 21 heavy (non-hydrogen) atoms. The van der Waals surface area contributed by atoms with Crippen LogP contribution in [-0.4, -0.2) is 34.6 Å². The fourth-order valence-corrected chi connectivity index (χ4v) is 2.41. The fourth-order valence-electron chi connectivity index (χ4n) is 1.45. The lowest BCUT2D eigenvalue weighted by molar-refractivity contribution is -0.142. The Morgan fingerprint density at radius 2 is 2.00 bits per heavy atom. The van der Waals surface area contributed by atoms with E-state index in [-0.39, 0.29) is 5.91 Å². The molecule has 0 saturated heterocycles. The number of nitrogens with zero attached hydrogens (tertiary/aromatic N) is 1. The van der Waals surface area contributed by atoms with Gasteiger partial charge in [-0.1, -0.05) is 13.8 Å². The van der Waals surface area contributed by atoms with Gasteiger partial charge in [0.2, 0.25) is 5.91 Å². The lowest BCUT2D eigenvalue weighted by atomic mass is 9.90. The predicted molar refractivity (Wildman–Crippen MR) is 83.7 cm³/mol. The number of hydrogen-bond acceptors (Lipinski definition) is 5. The quantitative estimate of drug-likeness (QED) is 0.717. The topological polar surface area (TPSA) is 91.3 Å². The molecular weight excluding hydrogens is 290 g/mol. The molecule has 1 amide bonds. The molecule has 0 fully saturated rings. The second-order valence-corrected chi connectivity index (χ2v) is 6.83. The molecule has 1 aromatic rings. The highest BCUT2D eigenvalue weighted by molar-refractivity contribution is 7.13. The van der Waals surface area contributed by atoms with Gasteiger partial charge in [0.1, 0.15) is 11.5 Å². The van der Waals surface area contributed by atoms with Crippen molar-refractivity contribution in [2.24, 2.45) is 5.92 Å². The van der Waals surface area contributed by atoms with E-state index in [1.165, 1.54) is 11.3 Å². The summed E-state index contributed by atoms with van der Waals surface area (Å²) in [7, 11) is 0. The number of carboxylic acid groups (broad SMARTS) is 1. The Morgan fingerprint density at radius 3 is 2.52 bits per heavy atom. The van der Waals surface area contributed by atoms with Gasteiger partial charge < -0.3 is 15.7 Å². The highest BCUT2D eigenvalue weighted by Gasteiger charge is 2.32. The number of nitrogens with one attached hydrogen (secondary N) is 2. The molecule has 0 saturated carbocycles. The van der Waals surface area contributed by atoms with Gasteiger partial charge >= 0.3 is 5.97 Å². The van der Waals surface area contributed by atoms with Crippen LogP contribution in [0.5, 0.6) is 0 Å². The molecule has 0 aliphatic heterocycles. The maximum absolute atomic E-state index is 11.9. The van der Waals surface area contributed by atoms with Crippen molar-refractivity contribution < 1.29 is 14.7 Å². The van der Waals surface area contributed by atoms with E-state index in [1.807, 2.05) is 13.8 Å². The smallest absolute Gasteiger partial charge is 0.315 e. The molecule has 1 heterocycles. The summed E-state index contributed by atoms with van der Waals surface area (Å²) in [5.41, 5.74) is -0.558. The summed E-state index contributed by atoms with van der Waals surface area (Å²) in [5, 5.41) is 17.3. The van der Waals surface area contributed by atoms with Gasteiger partial charge in [0.15, 0.2) is 5.13 Å². The zero-order valence-corrected chi connectivity index (χ0v) is 13.9. The number of anilines is 1. The number of hydrogen-bond donors (Lipinski definition) is 3. The molecule has 0 aliphatic rings. The van der Waals surface area contributed by atoms with Crippen LogP contribution in [0.3, 0.4) is 0 Å². The number of carbonyl (C=O) groups is 2. The minimum atomic E-state index is -1.04. The Morgan fingerprint density at radius 1 is 1.38 bits per heavy atom. The Kier molecular flexibility index (Phi) is 5.71. The standard InChI is InChI=1S/C14H23N3O3S/c1-8(2)6-15-11(18)9(3)16-13-17-10(7-21-13)14(4,5)12(19)20/h7-9H,6H2,1-5H3,(H,15,18)(H,16,17)(H,19,20). The molecule has 0 aliphatic carbocycles. The molecule has 118 valence electrons. The van der Waals surface area contributed by atoms with E-state index >= 15 is 0 Å². The minimum absolute atomic E-state index is 0.0991. The average molecular weight is 313 g/mol. The second kappa shape index (κ2) is 6.89. The maximum Gasteiger partial charge on any atom is 0.315 e. The van der Waals surface area contributed by atoms with Crippen molar-refractivity contribution in [2.45, 2.75) is 46.1 Å². The lowest BCUT2D eigenvalue weighted by Gasteiger charge is -2.16. The van der Waals surface area contributed by atoms with E-state index in [0.29, 0.717) is 23.3 Å². The fraction of sp³-hybridized carbons (Fsp3) is 0.643. The van der Waals surface area contributed by atoms with Crippen molar-refractivity contribution in [3.8, 4) is 0 Å². The van der Waals surface area contributed by atoms with Crippen LogP contribution in [0.2, 0.25) is 0 Å². The number of aliphatic carboxylic acids is 1. The van der Waals surface area contributed by atoms with E-state index < -0.39 is 17.4 Å². The first-order valence-electron chi connectivity index (χ1n) is 6.88. The van der Waals surface area contributed by atoms with Gasteiger partial charge in [-0.3, -0.25) is 9.59 Å². The van der Waals surface area contributed by atoms with Crippen LogP contribution in [0.25, 0.3) is 0 Å². The highest BCUT2D eigenvalue weighted by atomic mass is 32.1. The van der Waals surface area contributed by atoms with E-state index in [9.17, 15) is 14.7 Å². The summed E-state index contributed by atoms with van der Waals surface area (Å²) in [4.78, 5) is 27.3. The summed E-state index contributed by atoms with van der Waals surface area (Å²) in [6.45, 7) is 9.64. The monoisotopic (exact) mass is 313 g/mol. The van der Waals surface area contributed by atoms with Crippen molar-refractivity contribution in [3.05, 3.63) is 11.1 Å². The predicted octanol–water partition coefficient (Wildman–Crippen LogP) is 2.08. The summed E-state index contributed by atoms with van der Waals surface area (Å²) < 4.78 is 0. The third-order valence-electron chi connectivity index (χ3n) is 3.10. The number of aromatic nitrogens is 1. The number of carboxylic acids is 1. The van der Waals surface area contributed by atoms with Crippen molar-refractivity contribution in [2.75, 3.05) is 11.9 Å². The van der Waals surface area contributed by atoms with Crippen molar-refractivity contribution in [3.63, 3.8) is 0 Å². The van der Waals surface area contributed by atoms with Crippen molar-refractivity contribution >= 4 is 28.3 Å². The molecule has 1 unspecified atom stereocenters. The largest absolute Gasteiger partial charge is 0.481 e. The molecule has 3 N–H and O–H groups in total. The molecule has 1 atom stereocenters. The minimum Gasteiger partial charge on any atom is -0.481 e. The van der Waals surface area contributed by atoms with Gasteiger partial charge in [-0.05, 0) is 26.7 Å². The molecule has 7 heteroatoms. The third kappa shape index (κ3) is 4.70. The Bertz CT molecular complexity index is 511. The first-order chi connectivity index (χ1) is 9.64. The van der Waals surface area contributed by atoms with Crippen LogP contribution in [0.1, 0.15) is 40.3 Å². The zero-order chi connectivity index (χ0) is 16.2. The Balaban J connectivity index is 2.66. The van der Waals surface area contributed by atoms with E-state index in [1.54, 1.807) is 26.2 Å². The van der Waals surface area contributed by atoms with Gasteiger partial charge in [0, 0.05) is 11.9 Å². The summed E-state index contributed by atoms with van der Waals surface area (Å²) >= 11 is 1.30. The number of rotatable bonds is 7. The van der Waals surface area contributed by atoms with Crippen LogP contribution in [0.15, 0.2) is 5.38 Å².